The highest BCUT2D eigenvalue weighted by molar-refractivity contribution is 5.80. The van der Waals surface area contributed by atoms with Crippen LogP contribution in [0.3, 0.4) is 0 Å². The Labute approximate surface area is 143 Å². The summed E-state index contributed by atoms with van der Waals surface area (Å²) in [6.07, 6.45) is -4.08. The molecular weight excluding hydrogens is 339 g/mol. The van der Waals surface area contributed by atoms with E-state index in [1.54, 1.807) is 17.9 Å². The fourth-order valence-electron chi connectivity index (χ4n) is 3.63. The summed E-state index contributed by atoms with van der Waals surface area (Å²) in [5, 5.41) is 13.3. The van der Waals surface area contributed by atoms with Gasteiger partial charge in [0.2, 0.25) is 5.91 Å². The average molecular weight is 361 g/mol. The predicted octanol–water partition coefficient (Wildman–Crippen LogP) is 1.58. The maximum absolute atomic E-state index is 13.4. The van der Waals surface area contributed by atoms with Crippen molar-refractivity contribution in [2.75, 3.05) is 26.2 Å². The van der Waals surface area contributed by atoms with Crippen molar-refractivity contribution in [2.45, 2.75) is 38.6 Å². The van der Waals surface area contributed by atoms with Gasteiger partial charge in [-0.05, 0) is 19.8 Å². The Morgan fingerprint density at radius 2 is 2.04 bits per heavy atom. The summed E-state index contributed by atoms with van der Waals surface area (Å²) in [6.45, 7) is 2.38. The van der Waals surface area contributed by atoms with Crippen molar-refractivity contribution < 1.29 is 27.6 Å². The van der Waals surface area contributed by atoms with Crippen molar-refractivity contribution in [2.24, 2.45) is 11.8 Å². The van der Waals surface area contributed by atoms with Crippen molar-refractivity contribution in [3.8, 4) is 0 Å². The van der Waals surface area contributed by atoms with Crippen LogP contribution < -0.4 is 0 Å². The quantitative estimate of drug-likeness (QED) is 0.885. The van der Waals surface area contributed by atoms with E-state index in [4.69, 9.17) is 4.52 Å². The number of halogens is 3. The Hall–Kier alpha value is -1.61. The number of aliphatic hydroxyl groups excluding tert-OH is 1. The largest absolute Gasteiger partial charge is 0.393 e. The van der Waals surface area contributed by atoms with E-state index in [-0.39, 0.29) is 19.6 Å². The van der Waals surface area contributed by atoms with Gasteiger partial charge in [-0.3, -0.25) is 9.69 Å². The highest BCUT2D eigenvalue weighted by Crippen LogP contribution is 2.39. The third kappa shape index (κ3) is 4.14. The van der Waals surface area contributed by atoms with Gasteiger partial charge in [0.15, 0.2) is 5.76 Å². The maximum Gasteiger partial charge on any atom is 0.393 e. The van der Waals surface area contributed by atoms with E-state index < -0.39 is 30.0 Å². The van der Waals surface area contributed by atoms with Crippen molar-refractivity contribution >= 4 is 5.91 Å². The molecule has 3 heterocycles. The number of likely N-dealkylation sites (tertiary alicyclic amines) is 2. The number of aryl methyl sites for hydroxylation is 1. The number of carbonyl (C=O) groups is 1. The van der Waals surface area contributed by atoms with Crippen LogP contribution in [-0.2, 0) is 11.3 Å². The molecule has 2 atom stereocenters. The molecule has 9 heteroatoms. The number of piperidine rings is 1. The van der Waals surface area contributed by atoms with Crippen LogP contribution in [0, 0.1) is 18.8 Å². The lowest BCUT2D eigenvalue weighted by atomic mass is 9.93. The molecule has 1 amide bonds. The molecule has 3 rings (SSSR count). The summed E-state index contributed by atoms with van der Waals surface area (Å²) in [5.41, 5.74) is 0.668. The molecule has 0 spiro atoms. The standard InChI is InChI=1S/C16H22F3N3O3/c1-10-6-12(25-20-10)7-21-8-13(14(9-21)16(17,18)19)15(24)22-4-2-11(23)3-5-22/h6,11,13-14,23H,2-5,7-9H2,1H3/t13-,14-/m0/s1. The smallest absolute Gasteiger partial charge is 0.393 e. The Kier molecular flexibility index (Phi) is 5.06. The second-order valence-corrected chi connectivity index (χ2v) is 6.94. The molecule has 1 N–H and O–H groups in total. The van der Waals surface area contributed by atoms with Crippen LogP contribution in [0.25, 0.3) is 0 Å². The Balaban J connectivity index is 1.70. The highest BCUT2D eigenvalue weighted by Gasteiger charge is 2.53. The number of alkyl halides is 3. The van der Waals surface area contributed by atoms with Crippen molar-refractivity contribution in [3.63, 3.8) is 0 Å². The Bertz CT molecular complexity index is 611. The lowest BCUT2D eigenvalue weighted by Gasteiger charge is -2.33. The number of hydrogen-bond donors (Lipinski definition) is 1. The molecule has 1 aromatic rings. The van der Waals surface area contributed by atoms with Crippen LogP contribution in [-0.4, -0.2) is 64.4 Å². The number of nitrogens with zero attached hydrogens (tertiary/aromatic N) is 3. The Morgan fingerprint density at radius 1 is 1.36 bits per heavy atom. The molecule has 6 nitrogen and oxygen atoms in total. The topological polar surface area (TPSA) is 69.8 Å². The summed E-state index contributed by atoms with van der Waals surface area (Å²) in [6, 6.07) is 1.68. The second-order valence-electron chi connectivity index (χ2n) is 6.94. The number of aromatic nitrogens is 1. The maximum atomic E-state index is 13.4. The first-order valence-electron chi connectivity index (χ1n) is 8.42. The molecule has 0 unspecified atom stereocenters. The average Bonchev–Trinajstić information content (AvgIpc) is 3.14. The molecule has 2 saturated heterocycles. The van der Waals surface area contributed by atoms with Gasteiger partial charge in [-0.1, -0.05) is 5.16 Å². The van der Waals surface area contributed by atoms with Gasteiger partial charge in [0.25, 0.3) is 0 Å². The molecule has 2 fully saturated rings. The molecule has 0 aromatic carbocycles. The molecule has 1 aromatic heterocycles. The van der Waals surface area contributed by atoms with Gasteiger partial charge in [0.1, 0.15) is 0 Å². The van der Waals surface area contributed by atoms with E-state index in [1.165, 1.54) is 4.90 Å². The van der Waals surface area contributed by atoms with Crippen LogP contribution in [0.15, 0.2) is 10.6 Å². The van der Waals surface area contributed by atoms with Crippen LogP contribution in [0.4, 0.5) is 13.2 Å². The van der Waals surface area contributed by atoms with Crippen LogP contribution in [0.2, 0.25) is 0 Å². The van der Waals surface area contributed by atoms with Gasteiger partial charge >= 0.3 is 6.18 Å². The number of hydrogen-bond acceptors (Lipinski definition) is 5. The number of amides is 1. The van der Waals surface area contributed by atoms with Gasteiger partial charge in [-0.2, -0.15) is 13.2 Å². The van der Waals surface area contributed by atoms with Crippen molar-refractivity contribution in [3.05, 3.63) is 17.5 Å². The molecule has 2 aliphatic rings. The first kappa shape index (κ1) is 18.2. The molecule has 0 aliphatic carbocycles. The minimum atomic E-state index is -4.43. The summed E-state index contributed by atoms with van der Waals surface area (Å²) >= 11 is 0. The monoisotopic (exact) mass is 361 g/mol. The first-order chi connectivity index (χ1) is 11.7. The fourth-order valence-corrected chi connectivity index (χ4v) is 3.63. The van der Waals surface area contributed by atoms with Gasteiger partial charge in [0.05, 0.1) is 30.2 Å². The molecule has 0 saturated carbocycles. The highest BCUT2D eigenvalue weighted by atomic mass is 19.4. The zero-order valence-corrected chi connectivity index (χ0v) is 14.0. The third-order valence-corrected chi connectivity index (χ3v) is 4.97. The zero-order chi connectivity index (χ0) is 18.2. The molecule has 2 aliphatic heterocycles. The normalized spacial score (nSPS) is 26.4. The van der Waals surface area contributed by atoms with Crippen molar-refractivity contribution in [1.82, 2.24) is 15.0 Å². The van der Waals surface area contributed by atoms with Gasteiger partial charge in [-0.25, -0.2) is 0 Å². The van der Waals surface area contributed by atoms with Gasteiger partial charge < -0.3 is 14.5 Å². The number of aliphatic hydroxyl groups is 1. The molecular formula is C16H22F3N3O3. The summed E-state index contributed by atoms with van der Waals surface area (Å²) < 4.78 is 45.4. The van der Waals surface area contributed by atoms with Crippen LogP contribution >= 0.6 is 0 Å². The fraction of sp³-hybridized carbons (Fsp3) is 0.750. The van der Waals surface area contributed by atoms with E-state index >= 15 is 0 Å². The summed E-state index contributed by atoms with van der Waals surface area (Å²) in [4.78, 5) is 15.7. The third-order valence-electron chi connectivity index (χ3n) is 4.97. The van der Waals surface area contributed by atoms with Crippen molar-refractivity contribution in [1.29, 1.82) is 0 Å². The van der Waals surface area contributed by atoms with E-state index in [9.17, 15) is 23.1 Å². The van der Waals surface area contributed by atoms with Crippen LogP contribution in [0.1, 0.15) is 24.3 Å². The van der Waals surface area contributed by atoms with Gasteiger partial charge in [-0.15, -0.1) is 0 Å². The summed E-state index contributed by atoms with van der Waals surface area (Å²) in [7, 11) is 0. The lowest BCUT2D eigenvalue weighted by Crippen LogP contribution is -2.46. The predicted molar refractivity (Wildman–Crippen MR) is 81.4 cm³/mol. The lowest BCUT2D eigenvalue weighted by molar-refractivity contribution is -0.186. The number of rotatable bonds is 3. The number of carbonyl (C=O) groups excluding carboxylic acids is 1. The van der Waals surface area contributed by atoms with E-state index in [2.05, 4.69) is 5.16 Å². The molecule has 0 radical (unpaired) electrons. The molecule has 140 valence electrons. The van der Waals surface area contributed by atoms with E-state index in [1.807, 2.05) is 0 Å². The minimum Gasteiger partial charge on any atom is -0.393 e. The second kappa shape index (κ2) is 6.95. The summed E-state index contributed by atoms with van der Waals surface area (Å²) in [5.74, 6) is -2.77. The Morgan fingerprint density at radius 3 is 2.60 bits per heavy atom. The van der Waals surface area contributed by atoms with E-state index in [0.717, 1.165) is 0 Å². The first-order valence-corrected chi connectivity index (χ1v) is 8.42. The molecule has 25 heavy (non-hydrogen) atoms. The minimum absolute atomic E-state index is 0.0435. The van der Waals surface area contributed by atoms with E-state index in [0.29, 0.717) is 37.4 Å². The van der Waals surface area contributed by atoms with Crippen LogP contribution in [0.5, 0.6) is 0 Å². The zero-order valence-electron chi connectivity index (χ0n) is 14.0. The van der Waals surface area contributed by atoms with Gasteiger partial charge in [0, 0.05) is 32.2 Å². The molecule has 0 bridgehead atoms. The SMILES string of the molecule is Cc1cc(CN2C[C@H](C(=O)N3CCC(O)CC3)[C@@H](C(F)(F)F)C2)on1.